The zero-order valence-electron chi connectivity index (χ0n) is 10.9. The van der Waals surface area contributed by atoms with Crippen molar-refractivity contribution in [1.82, 2.24) is 9.78 Å². The van der Waals surface area contributed by atoms with E-state index in [2.05, 4.69) is 5.10 Å². The Labute approximate surface area is 114 Å². The van der Waals surface area contributed by atoms with Gasteiger partial charge in [-0.2, -0.15) is 18.3 Å². The Morgan fingerprint density at radius 3 is 2.30 bits per heavy atom. The van der Waals surface area contributed by atoms with Crippen molar-refractivity contribution in [1.29, 1.82) is 0 Å². The summed E-state index contributed by atoms with van der Waals surface area (Å²) >= 11 is 0. The van der Waals surface area contributed by atoms with Gasteiger partial charge in [-0.3, -0.25) is 4.68 Å². The van der Waals surface area contributed by atoms with Crippen LogP contribution in [0.4, 0.5) is 13.2 Å². The summed E-state index contributed by atoms with van der Waals surface area (Å²) in [4.78, 5) is 0. The summed E-state index contributed by atoms with van der Waals surface area (Å²) in [6.45, 7) is 0. The van der Waals surface area contributed by atoms with Crippen molar-refractivity contribution in [2.45, 2.75) is 25.1 Å². The highest BCUT2D eigenvalue weighted by molar-refractivity contribution is 5.25. The van der Waals surface area contributed by atoms with Crippen LogP contribution in [0, 0.1) is 0 Å². The van der Waals surface area contributed by atoms with Crippen molar-refractivity contribution in [2.75, 3.05) is 0 Å². The molecule has 0 amide bonds. The molecule has 20 heavy (non-hydrogen) atoms. The fraction of sp³-hybridized carbons (Fsp3) is 0.357. The fourth-order valence-electron chi connectivity index (χ4n) is 1.99. The van der Waals surface area contributed by atoms with Crippen LogP contribution < -0.4 is 0 Å². The molecule has 1 heterocycles. The fourth-order valence-corrected chi connectivity index (χ4v) is 1.99. The van der Waals surface area contributed by atoms with Crippen LogP contribution >= 0.6 is 0 Å². The summed E-state index contributed by atoms with van der Waals surface area (Å²) in [6, 6.07) is 6.65. The molecule has 0 fully saturated rings. The number of aromatic nitrogens is 2. The van der Waals surface area contributed by atoms with E-state index in [1.165, 1.54) is 12.1 Å². The first-order chi connectivity index (χ1) is 9.34. The molecule has 0 bridgehead atoms. The van der Waals surface area contributed by atoms with E-state index in [4.69, 9.17) is 0 Å². The molecule has 0 radical (unpaired) electrons. The van der Waals surface area contributed by atoms with Gasteiger partial charge in [-0.05, 0) is 30.2 Å². The first-order valence-corrected chi connectivity index (χ1v) is 6.17. The van der Waals surface area contributed by atoms with Gasteiger partial charge in [0.25, 0.3) is 0 Å². The third-order valence-corrected chi connectivity index (χ3v) is 2.97. The van der Waals surface area contributed by atoms with Crippen molar-refractivity contribution in [3.63, 3.8) is 0 Å². The highest BCUT2D eigenvalue weighted by Gasteiger charge is 2.29. The van der Waals surface area contributed by atoms with Crippen molar-refractivity contribution in [3.05, 3.63) is 53.3 Å². The molecule has 1 aromatic carbocycles. The number of benzene rings is 1. The second kappa shape index (κ2) is 5.66. The van der Waals surface area contributed by atoms with Gasteiger partial charge in [0.05, 0.1) is 17.4 Å². The van der Waals surface area contributed by atoms with Gasteiger partial charge in [0, 0.05) is 19.7 Å². The normalized spacial score (nSPS) is 13.4. The third-order valence-electron chi connectivity index (χ3n) is 2.97. The number of nitrogens with zero attached hydrogens (tertiary/aromatic N) is 2. The molecule has 0 aliphatic carbocycles. The van der Waals surface area contributed by atoms with E-state index in [0.29, 0.717) is 18.4 Å². The van der Waals surface area contributed by atoms with Crippen LogP contribution in [0.15, 0.2) is 36.5 Å². The number of aryl methyl sites for hydroxylation is 1. The summed E-state index contributed by atoms with van der Waals surface area (Å²) in [6.07, 6.45) is -2.54. The maximum Gasteiger partial charge on any atom is 0.416 e. The second-order valence-electron chi connectivity index (χ2n) is 4.74. The highest BCUT2D eigenvalue weighted by Crippen LogP contribution is 2.29. The second-order valence-corrected chi connectivity index (χ2v) is 4.74. The molecular weight excluding hydrogens is 269 g/mol. The summed E-state index contributed by atoms with van der Waals surface area (Å²) < 4.78 is 38.9. The van der Waals surface area contributed by atoms with E-state index in [0.717, 1.165) is 17.8 Å². The monoisotopic (exact) mass is 284 g/mol. The number of rotatable bonds is 4. The molecule has 1 unspecified atom stereocenters. The van der Waals surface area contributed by atoms with E-state index in [9.17, 15) is 18.3 Å². The first-order valence-electron chi connectivity index (χ1n) is 6.17. The Morgan fingerprint density at radius 2 is 1.80 bits per heavy atom. The van der Waals surface area contributed by atoms with E-state index in [-0.39, 0.29) is 0 Å². The summed E-state index contributed by atoms with van der Waals surface area (Å²) in [5, 5.41) is 14.1. The molecule has 1 N–H and O–H groups in total. The molecule has 2 aromatic rings. The van der Waals surface area contributed by atoms with Gasteiger partial charge in [-0.25, -0.2) is 0 Å². The topological polar surface area (TPSA) is 38.0 Å². The van der Waals surface area contributed by atoms with Crippen LogP contribution in [-0.2, 0) is 26.1 Å². The standard InChI is InChI=1S/C14H15F3N2O/c1-19-7-6-12(18-19)9-13(20)8-10-2-4-11(5-3-10)14(15,16)17/h2-7,13,20H,8-9H2,1H3. The van der Waals surface area contributed by atoms with Crippen LogP contribution in [0.2, 0.25) is 0 Å². The largest absolute Gasteiger partial charge is 0.416 e. The Morgan fingerprint density at radius 1 is 1.15 bits per heavy atom. The Kier molecular flexibility index (Phi) is 4.13. The summed E-state index contributed by atoms with van der Waals surface area (Å²) in [5.41, 5.74) is 0.744. The van der Waals surface area contributed by atoms with Crippen LogP contribution in [-0.4, -0.2) is 21.0 Å². The molecule has 1 aromatic heterocycles. The maximum atomic E-state index is 12.4. The van der Waals surface area contributed by atoms with Crippen LogP contribution in [0.5, 0.6) is 0 Å². The molecule has 6 heteroatoms. The van der Waals surface area contributed by atoms with Crippen molar-refractivity contribution < 1.29 is 18.3 Å². The summed E-state index contributed by atoms with van der Waals surface area (Å²) in [7, 11) is 1.78. The van der Waals surface area contributed by atoms with Gasteiger partial charge in [-0.15, -0.1) is 0 Å². The molecule has 108 valence electrons. The van der Waals surface area contributed by atoms with Crippen molar-refractivity contribution >= 4 is 0 Å². The SMILES string of the molecule is Cn1ccc(CC(O)Cc2ccc(C(F)(F)F)cc2)n1. The van der Waals surface area contributed by atoms with E-state index in [1.807, 2.05) is 0 Å². The minimum absolute atomic E-state index is 0.300. The van der Waals surface area contributed by atoms with Gasteiger partial charge in [0.2, 0.25) is 0 Å². The van der Waals surface area contributed by atoms with Gasteiger partial charge in [0.1, 0.15) is 0 Å². The molecule has 0 aliphatic heterocycles. The number of aliphatic hydroxyl groups excluding tert-OH is 1. The maximum absolute atomic E-state index is 12.4. The van der Waals surface area contributed by atoms with Crippen molar-refractivity contribution in [2.24, 2.45) is 7.05 Å². The minimum Gasteiger partial charge on any atom is -0.392 e. The Bertz CT molecular complexity index is 561. The van der Waals surface area contributed by atoms with E-state index in [1.54, 1.807) is 24.0 Å². The highest BCUT2D eigenvalue weighted by atomic mass is 19.4. The quantitative estimate of drug-likeness (QED) is 0.937. The molecule has 0 saturated carbocycles. The van der Waals surface area contributed by atoms with Gasteiger partial charge >= 0.3 is 6.18 Å². The molecule has 1 atom stereocenters. The Balaban J connectivity index is 1.96. The lowest BCUT2D eigenvalue weighted by molar-refractivity contribution is -0.137. The third kappa shape index (κ3) is 3.84. The van der Waals surface area contributed by atoms with Gasteiger partial charge in [0.15, 0.2) is 0 Å². The molecule has 3 nitrogen and oxygen atoms in total. The molecule has 0 aliphatic rings. The molecular formula is C14H15F3N2O. The molecule has 2 rings (SSSR count). The average Bonchev–Trinajstić information content (AvgIpc) is 2.74. The predicted molar refractivity (Wildman–Crippen MR) is 68.1 cm³/mol. The Hall–Kier alpha value is -1.82. The zero-order valence-corrected chi connectivity index (χ0v) is 10.9. The summed E-state index contributed by atoms with van der Waals surface area (Å²) in [5.74, 6) is 0. The number of hydrogen-bond donors (Lipinski definition) is 1. The molecule has 0 saturated heterocycles. The van der Waals surface area contributed by atoms with E-state index < -0.39 is 17.8 Å². The smallest absolute Gasteiger partial charge is 0.392 e. The van der Waals surface area contributed by atoms with Gasteiger partial charge in [-0.1, -0.05) is 12.1 Å². The zero-order chi connectivity index (χ0) is 14.8. The number of alkyl halides is 3. The lowest BCUT2D eigenvalue weighted by Gasteiger charge is -2.11. The first kappa shape index (κ1) is 14.6. The van der Waals surface area contributed by atoms with Crippen LogP contribution in [0.1, 0.15) is 16.8 Å². The minimum atomic E-state index is -4.33. The van der Waals surface area contributed by atoms with Crippen LogP contribution in [0.25, 0.3) is 0 Å². The van der Waals surface area contributed by atoms with Gasteiger partial charge < -0.3 is 5.11 Å². The lowest BCUT2D eigenvalue weighted by Crippen LogP contribution is -2.14. The van der Waals surface area contributed by atoms with E-state index >= 15 is 0 Å². The number of hydrogen-bond acceptors (Lipinski definition) is 2. The number of halogens is 3. The molecule has 0 spiro atoms. The van der Waals surface area contributed by atoms with Crippen LogP contribution in [0.3, 0.4) is 0 Å². The average molecular weight is 284 g/mol. The predicted octanol–water partition coefficient (Wildman–Crippen LogP) is 2.59. The number of aliphatic hydroxyl groups is 1. The lowest BCUT2D eigenvalue weighted by atomic mass is 10.0. The van der Waals surface area contributed by atoms with Crippen molar-refractivity contribution in [3.8, 4) is 0 Å².